The van der Waals surface area contributed by atoms with Gasteiger partial charge in [0.15, 0.2) is 6.61 Å². The second-order valence-electron chi connectivity index (χ2n) is 5.35. The van der Waals surface area contributed by atoms with Crippen LogP contribution in [-0.4, -0.2) is 12.5 Å². The molecule has 0 fully saturated rings. The Hall–Kier alpha value is -3.32. The number of nitrogens with zero attached hydrogens (tertiary/aromatic N) is 1. The second kappa shape index (κ2) is 7.30. The Morgan fingerprint density at radius 1 is 1.00 bits per heavy atom. The number of carbonyl (C=O) groups is 1. The van der Waals surface area contributed by atoms with Crippen LogP contribution in [0.5, 0.6) is 5.75 Å². The zero-order chi connectivity index (χ0) is 16.8. The molecule has 4 heteroatoms. The van der Waals surface area contributed by atoms with Crippen molar-refractivity contribution in [1.29, 1.82) is 5.26 Å². The largest absolute Gasteiger partial charge is 0.483 e. The average molecular weight is 316 g/mol. The summed E-state index contributed by atoms with van der Waals surface area (Å²) in [6.07, 6.45) is 0.360. The van der Waals surface area contributed by atoms with Crippen molar-refractivity contribution in [2.45, 2.75) is 6.42 Å². The molecule has 118 valence electrons. The molecule has 3 rings (SSSR count). The Balaban J connectivity index is 1.62. The minimum atomic E-state index is -0.226. The molecule has 0 saturated heterocycles. The molecular weight excluding hydrogens is 300 g/mol. The maximum atomic E-state index is 12.0. The number of nitrogens with one attached hydrogen (secondary N) is 1. The number of amides is 1. The van der Waals surface area contributed by atoms with Crippen LogP contribution < -0.4 is 10.1 Å². The summed E-state index contributed by atoms with van der Waals surface area (Å²) in [6.45, 7) is -0.0616. The zero-order valence-corrected chi connectivity index (χ0v) is 13.0. The van der Waals surface area contributed by atoms with E-state index in [9.17, 15) is 4.79 Å². The van der Waals surface area contributed by atoms with E-state index in [1.165, 1.54) is 0 Å². The molecule has 0 bridgehead atoms. The summed E-state index contributed by atoms with van der Waals surface area (Å²) in [5.41, 5.74) is 1.60. The molecule has 3 aromatic carbocycles. The van der Waals surface area contributed by atoms with Gasteiger partial charge in [0.25, 0.3) is 5.91 Å². The van der Waals surface area contributed by atoms with Crippen molar-refractivity contribution in [1.82, 2.24) is 0 Å². The highest BCUT2D eigenvalue weighted by Gasteiger charge is 2.06. The van der Waals surface area contributed by atoms with Crippen LogP contribution in [-0.2, 0) is 11.2 Å². The maximum absolute atomic E-state index is 12.0. The van der Waals surface area contributed by atoms with Crippen LogP contribution in [0.15, 0.2) is 66.7 Å². The Morgan fingerprint density at radius 3 is 2.54 bits per heavy atom. The Kier molecular flexibility index (Phi) is 4.73. The zero-order valence-electron chi connectivity index (χ0n) is 13.0. The van der Waals surface area contributed by atoms with Gasteiger partial charge in [-0.2, -0.15) is 5.26 Å². The number of benzene rings is 3. The van der Waals surface area contributed by atoms with E-state index < -0.39 is 0 Å². The fourth-order valence-corrected chi connectivity index (χ4v) is 2.46. The third-order valence-corrected chi connectivity index (χ3v) is 3.63. The number of anilines is 1. The first kappa shape index (κ1) is 15.6. The Labute approximate surface area is 140 Å². The van der Waals surface area contributed by atoms with Crippen LogP contribution in [0.25, 0.3) is 10.8 Å². The lowest BCUT2D eigenvalue weighted by Gasteiger charge is -2.10. The van der Waals surface area contributed by atoms with Crippen LogP contribution in [0.3, 0.4) is 0 Å². The molecule has 0 aliphatic rings. The highest BCUT2D eigenvalue weighted by atomic mass is 16.5. The quantitative estimate of drug-likeness (QED) is 0.776. The molecule has 0 atom stereocenters. The summed E-state index contributed by atoms with van der Waals surface area (Å²) < 4.78 is 5.66. The fraction of sp³-hybridized carbons (Fsp3) is 0.100. The highest BCUT2D eigenvalue weighted by molar-refractivity contribution is 5.93. The van der Waals surface area contributed by atoms with Crippen molar-refractivity contribution in [2.75, 3.05) is 11.9 Å². The Bertz CT molecular complexity index is 890. The van der Waals surface area contributed by atoms with Gasteiger partial charge < -0.3 is 10.1 Å². The van der Waals surface area contributed by atoms with Gasteiger partial charge in [-0.15, -0.1) is 0 Å². The van der Waals surface area contributed by atoms with Gasteiger partial charge in [-0.05, 0) is 29.1 Å². The summed E-state index contributed by atoms with van der Waals surface area (Å²) in [4.78, 5) is 12.0. The van der Waals surface area contributed by atoms with Crippen molar-refractivity contribution in [2.24, 2.45) is 0 Å². The number of ether oxygens (including phenoxy) is 1. The molecule has 0 radical (unpaired) electrons. The van der Waals surface area contributed by atoms with Crippen molar-refractivity contribution in [3.05, 3.63) is 72.3 Å². The number of rotatable bonds is 5. The van der Waals surface area contributed by atoms with Gasteiger partial charge in [0.2, 0.25) is 0 Å². The van der Waals surface area contributed by atoms with E-state index in [1.54, 1.807) is 12.1 Å². The SMILES string of the molecule is N#CCc1ccc(NC(=O)COc2cccc3ccccc23)cc1. The van der Waals surface area contributed by atoms with E-state index in [1.807, 2.05) is 54.6 Å². The first-order valence-corrected chi connectivity index (χ1v) is 7.62. The monoisotopic (exact) mass is 316 g/mol. The van der Waals surface area contributed by atoms with Gasteiger partial charge in [-0.1, -0.05) is 48.5 Å². The smallest absolute Gasteiger partial charge is 0.262 e. The molecule has 1 amide bonds. The van der Waals surface area contributed by atoms with Crippen LogP contribution in [0.4, 0.5) is 5.69 Å². The van der Waals surface area contributed by atoms with E-state index in [4.69, 9.17) is 10.00 Å². The topological polar surface area (TPSA) is 62.1 Å². The first-order valence-electron chi connectivity index (χ1n) is 7.62. The van der Waals surface area contributed by atoms with E-state index >= 15 is 0 Å². The Morgan fingerprint density at radius 2 is 1.75 bits per heavy atom. The van der Waals surface area contributed by atoms with Crippen LogP contribution in [0.1, 0.15) is 5.56 Å². The highest BCUT2D eigenvalue weighted by Crippen LogP contribution is 2.25. The molecular formula is C20H16N2O2. The van der Waals surface area contributed by atoms with Crippen molar-refractivity contribution in [3.63, 3.8) is 0 Å². The number of hydrogen-bond donors (Lipinski definition) is 1. The van der Waals surface area contributed by atoms with E-state index in [2.05, 4.69) is 11.4 Å². The van der Waals surface area contributed by atoms with E-state index in [0.717, 1.165) is 16.3 Å². The van der Waals surface area contributed by atoms with Gasteiger partial charge in [0, 0.05) is 11.1 Å². The number of fused-ring (bicyclic) bond motifs is 1. The predicted molar refractivity (Wildman–Crippen MR) is 93.8 cm³/mol. The molecule has 0 saturated carbocycles. The molecule has 0 unspecified atom stereocenters. The normalized spacial score (nSPS) is 10.1. The second-order valence-corrected chi connectivity index (χ2v) is 5.35. The summed E-state index contributed by atoms with van der Waals surface area (Å²) in [6, 6.07) is 22.9. The van der Waals surface area contributed by atoms with Gasteiger partial charge in [-0.3, -0.25) is 4.79 Å². The lowest BCUT2D eigenvalue weighted by atomic mass is 10.1. The van der Waals surface area contributed by atoms with Crippen LogP contribution in [0.2, 0.25) is 0 Å². The summed E-state index contributed by atoms with van der Waals surface area (Å²) in [5, 5.41) is 13.5. The van der Waals surface area contributed by atoms with E-state index in [0.29, 0.717) is 17.9 Å². The predicted octanol–water partition coefficient (Wildman–Crippen LogP) is 3.92. The fourth-order valence-electron chi connectivity index (χ4n) is 2.46. The lowest BCUT2D eigenvalue weighted by molar-refractivity contribution is -0.118. The van der Waals surface area contributed by atoms with E-state index in [-0.39, 0.29) is 12.5 Å². The number of carbonyl (C=O) groups excluding carboxylic acids is 1. The van der Waals surface area contributed by atoms with Crippen LogP contribution >= 0.6 is 0 Å². The average Bonchev–Trinajstić information content (AvgIpc) is 2.62. The summed E-state index contributed by atoms with van der Waals surface area (Å²) in [5.74, 6) is 0.462. The summed E-state index contributed by atoms with van der Waals surface area (Å²) in [7, 11) is 0. The van der Waals surface area contributed by atoms with Gasteiger partial charge in [0.05, 0.1) is 12.5 Å². The molecule has 24 heavy (non-hydrogen) atoms. The molecule has 3 aromatic rings. The molecule has 1 N–H and O–H groups in total. The van der Waals surface area contributed by atoms with Crippen LogP contribution in [0, 0.1) is 11.3 Å². The van der Waals surface area contributed by atoms with Crippen molar-refractivity contribution < 1.29 is 9.53 Å². The van der Waals surface area contributed by atoms with Gasteiger partial charge in [0.1, 0.15) is 5.75 Å². The number of nitriles is 1. The molecule has 4 nitrogen and oxygen atoms in total. The van der Waals surface area contributed by atoms with Crippen molar-refractivity contribution in [3.8, 4) is 11.8 Å². The standard InChI is InChI=1S/C20H16N2O2/c21-13-12-15-8-10-17(11-9-15)22-20(23)14-24-19-7-3-5-16-4-1-2-6-18(16)19/h1-11H,12,14H2,(H,22,23). The molecule has 0 heterocycles. The lowest BCUT2D eigenvalue weighted by Crippen LogP contribution is -2.20. The first-order chi connectivity index (χ1) is 11.8. The minimum Gasteiger partial charge on any atom is -0.483 e. The maximum Gasteiger partial charge on any atom is 0.262 e. The minimum absolute atomic E-state index is 0.0616. The third-order valence-electron chi connectivity index (χ3n) is 3.63. The molecule has 0 spiro atoms. The van der Waals surface area contributed by atoms with Gasteiger partial charge >= 0.3 is 0 Å². The third kappa shape index (κ3) is 3.71. The number of hydrogen-bond acceptors (Lipinski definition) is 3. The van der Waals surface area contributed by atoms with Gasteiger partial charge in [-0.25, -0.2) is 0 Å². The molecule has 0 aliphatic heterocycles. The molecule has 0 aliphatic carbocycles. The summed E-state index contributed by atoms with van der Waals surface area (Å²) >= 11 is 0. The van der Waals surface area contributed by atoms with Crippen molar-refractivity contribution >= 4 is 22.4 Å². The molecule has 0 aromatic heterocycles.